The van der Waals surface area contributed by atoms with Gasteiger partial charge in [0.2, 0.25) is 0 Å². The number of piperidine rings is 1. The van der Waals surface area contributed by atoms with Crippen LogP contribution in [0.2, 0.25) is 0 Å². The van der Waals surface area contributed by atoms with Crippen LogP contribution in [0.15, 0.2) is 42.6 Å². The van der Waals surface area contributed by atoms with Gasteiger partial charge in [-0.3, -0.25) is 4.79 Å². The summed E-state index contributed by atoms with van der Waals surface area (Å²) in [4.78, 5) is 19.2. The number of rotatable bonds is 3. The maximum Gasteiger partial charge on any atom is 0.257 e. The van der Waals surface area contributed by atoms with Gasteiger partial charge >= 0.3 is 0 Å². The van der Waals surface area contributed by atoms with Crippen molar-refractivity contribution in [3.05, 3.63) is 54.0 Å². The van der Waals surface area contributed by atoms with Crippen LogP contribution in [0.25, 0.3) is 0 Å². The molecule has 0 unspecified atom stereocenters. The molecule has 1 amide bonds. The Hall–Kier alpha value is -2.47. The van der Waals surface area contributed by atoms with Gasteiger partial charge in [-0.2, -0.15) is 0 Å². The first-order chi connectivity index (χ1) is 12.7. The number of para-hydroxylation sites is 1. The molecule has 2 aliphatic heterocycles. The van der Waals surface area contributed by atoms with Crippen LogP contribution in [-0.2, 0) is 0 Å². The Kier molecular flexibility index (Phi) is 4.59. The van der Waals surface area contributed by atoms with Crippen molar-refractivity contribution in [3.63, 3.8) is 0 Å². The Morgan fingerprint density at radius 3 is 2.69 bits per heavy atom. The molecule has 2 fully saturated rings. The molecule has 3 heterocycles. The fourth-order valence-electron chi connectivity index (χ4n) is 3.94. The van der Waals surface area contributed by atoms with Crippen LogP contribution in [0, 0.1) is 11.2 Å². The van der Waals surface area contributed by atoms with Crippen molar-refractivity contribution in [1.29, 1.82) is 0 Å². The fourth-order valence-corrected chi connectivity index (χ4v) is 3.94. The Balaban J connectivity index is 1.51. The number of pyridine rings is 1. The number of halogens is 1. The number of benzene rings is 1. The van der Waals surface area contributed by atoms with E-state index in [9.17, 15) is 9.18 Å². The standard InChI is InChI=1S/C20H23FN4O/c21-16-5-1-2-6-17(16)24-18-15(4-3-10-23-18)19(26)25-12-8-20(9-13-25)7-11-22-14-20/h1-6,10,22H,7-9,11-14H2,(H,23,24). The number of carbonyl (C=O) groups excluding carboxylic acids is 1. The maximum atomic E-state index is 13.9. The van der Waals surface area contributed by atoms with Gasteiger partial charge in [0, 0.05) is 25.8 Å². The van der Waals surface area contributed by atoms with Crippen molar-refractivity contribution in [3.8, 4) is 0 Å². The summed E-state index contributed by atoms with van der Waals surface area (Å²) in [5.74, 6) is -0.0200. The van der Waals surface area contributed by atoms with Crippen LogP contribution in [0.5, 0.6) is 0 Å². The SMILES string of the molecule is O=C(c1cccnc1Nc1ccccc1F)N1CCC2(CCNC2)CC1. The van der Waals surface area contributed by atoms with Gasteiger partial charge in [0.1, 0.15) is 11.6 Å². The number of nitrogens with zero attached hydrogens (tertiary/aromatic N) is 2. The molecule has 6 heteroatoms. The Labute approximate surface area is 152 Å². The van der Waals surface area contributed by atoms with Crippen LogP contribution in [0.1, 0.15) is 29.6 Å². The highest BCUT2D eigenvalue weighted by atomic mass is 19.1. The van der Waals surface area contributed by atoms with E-state index in [0.717, 1.165) is 39.0 Å². The largest absolute Gasteiger partial charge is 0.338 e. The zero-order valence-corrected chi connectivity index (χ0v) is 14.7. The Morgan fingerprint density at radius 1 is 1.15 bits per heavy atom. The van der Waals surface area contributed by atoms with Crippen LogP contribution in [0.3, 0.4) is 0 Å². The summed E-state index contributed by atoms with van der Waals surface area (Å²) in [6.45, 7) is 3.65. The summed E-state index contributed by atoms with van der Waals surface area (Å²) in [7, 11) is 0. The number of carbonyl (C=O) groups is 1. The van der Waals surface area contributed by atoms with E-state index in [1.807, 2.05) is 4.90 Å². The van der Waals surface area contributed by atoms with Gasteiger partial charge in [-0.15, -0.1) is 0 Å². The van der Waals surface area contributed by atoms with Gasteiger partial charge in [0.25, 0.3) is 5.91 Å². The summed E-state index contributed by atoms with van der Waals surface area (Å²) in [6.07, 6.45) is 4.86. The van der Waals surface area contributed by atoms with Crippen LogP contribution >= 0.6 is 0 Å². The summed E-state index contributed by atoms with van der Waals surface area (Å²) >= 11 is 0. The molecule has 0 bridgehead atoms. The zero-order valence-electron chi connectivity index (χ0n) is 14.7. The van der Waals surface area contributed by atoms with Crippen molar-refractivity contribution in [2.45, 2.75) is 19.3 Å². The van der Waals surface area contributed by atoms with Gasteiger partial charge < -0.3 is 15.5 Å². The van der Waals surface area contributed by atoms with E-state index in [-0.39, 0.29) is 11.7 Å². The number of nitrogens with one attached hydrogen (secondary N) is 2. The second-order valence-corrected chi connectivity index (χ2v) is 7.22. The number of amides is 1. The molecule has 2 aliphatic rings. The summed E-state index contributed by atoms with van der Waals surface area (Å²) in [5.41, 5.74) is 1.16. The number of aromatic nitrogens is 1. The monoisotopic (exact) mass is 354 g/mol. The predicted octanol–water partition coefficient (Wildman–Crippen LogP) is 3.18. The lowest BCUT2D eigenvalue weighted by molar-refractivity contribution is 0.0608. The molecule has 26 heavy (non-hydrogen) atoms. The topological polar surface area (TPSA) is 57.3 Å². The molecule has 0 saturated carbocycles. The molecule has 1 spiro atoms. The second-order valence-electron chi connectivity index (χ2n) is 7.22. The van der Waals surface area contributed by atoms with Crippen molar-refractivity contribution >= 4 is 17.4 Å². The van der Waals surface area contributed by atoms with E-state index in [1.54, 1.807) is 36.5 Å². The number of anilines is 2. The summed E-state index contributed by atoms with van der Waals surface area (Å²) < 4.78 is 13.9. The molecule has 0 radical (unpaired) electrons. The van der Waals surface area contributed by atoms with Crippen molar-refractivity contribution in [2.24, 2.45) is 5.41 Å². The lowest BCUT2D eigenvalue weighted by atomic mass is 9.78. The number of hydrogen-bond donors (Lipinski definition) is 2. The quantitative estimate of drug-likeness (QED) is 0.889. The number of hydrogen-bond acceptors (Lipinski definition) is 4. The van der Waals surface area contributed by atoms with E-state index in [0.29, 0.717) is 22.5 Å². The first kappa shape index (κ1) is 17.0. The highest BCUT2D eigenvalue weighted by Gasteiger charge is 2.38. The van der Waals surface area contributed by atoms with E-state index in [2.05, 4.69) is 15.6 Å². The summed E-state index contributed by atoms with van der Waals surface area (Å²) in [5, 5.41) is 6.41. The first-order valence-corrected chi connectivity index (χ1v) is 9.13. The molecule has 4 rings (SSSR count). The molecule has 1 aromatic heterocycles. The predicted molar refractivity (Wildman–Crippen MR) is 99.0 cm³/mol. The molecular formula is C20H23FN4O. The third-order valence-electron chi connectivity index (χ3n) is 5.61. The lowest BCUT2D eigenvalue weighted by Crippen LogP contribution is -2.44. The van der Waals surface area contributed by atoms with E-state index in [4.69, 9.17) is 0 Å². The van der Waals surface area contributed by atoms with Gasteiger partial charge in [-0.05, 0) is 55.5 Å². The van der Waals surface area contributed by atoms with Gasteiger partial charge in [-0.1, -0.05) is 12.1 Å². The van der Waals surface area contributed by atoms with E-state index >= 15 is 0 Å². The smallest absolute Gasteiger partial charge is 0.257 e. The number of likely N-dealkylation sites (tertiary alicyclic amines) is 1. The van der Waals surface area contributed by atoms with Crippen LogP contribution < -0.4 is 10.6 Å². The maximum absolute atomic E-state index is 13.9. The minimum absolute atomic E-state index is 0.0438. The Bertz CT molecular complexity index is 794. The molecule has 136 valence electrons. The van der Waals surface area contributed by atoms with Crippen molar-refractivity contribution in [1.82, 2.24) is 15.2 Å². The van der Waals surface area contributed by atoms with E-state index < -0.39 is 0 Å². The lowest BCUT2D eigenvalue weighted by Gasteiger charge is -2.39. The zero-order chi connectivity index (χ0) is 18.0. The molecular weight excluding hydrogens is 331 g/mol. The van der Waals surface area contributed by atoms with Gasteiger partial charge in [0.15, 0.2) is 0 Å². The molecule has 1 aromatic carbocycles. The van der Waals surface area contributed by atoms with Gasteiger partial charge in [0.05, 0.1) is 11.3 Å². The van der Waals surface area contributed by atoms with Crippen LogP contribution in [0.4, 0.5) is 15.9 Å². The van der Waals surface area contributed by atoms with Crippen molar-refractivity contribution < 1.29 is 9.18 Å². The minimum atomic E-state index is -0.370. The molecule has 2 aromatic rings. The average Bonchev–Trinajstić information content (AvgIpc) is 3.12. The first-order valence-electron chi connectivity index (χ1n) is 9.13. The third kappa shape index (κ3) is 3.29. The summed E-state index contributed by atoms with van der Waals surface area (Å²) in [6, 6.07) is 9.89. The highest BCUT2D eigenvalue weighted by molar-refractivity contribution is 5.99. The minimum Gasteiger partial charge on any atom is -0.338 e. The molecule has 2 saturated heterocycles. The third-order valence-corrected chi connectivity index (χ3v) is 5.61. The van der Waals surface area contributed by atoms with Gasteiger partial charge in [-0.25, -0.2) is 9.37 Å². The molecule has 2 N–H and O–H groups in total. The molecule has 0 atom stereocenters. The van der Waals surface area contributed by atoms with Crippen LogP contribution in [-0.4, -0.2) is 42.0 Å². The average molecular weight is 354 g/mol. The Morgan fingerprint density at radius 2 is 1.96 bits per heavy atom. The second kappa shape index (κ2) is 7.03. The molecule has 5 nitrogen and oxygen atoms in total. The van der Waals surface area contributed by atoms with E-state index in [1.165, 1.54) is 12.5 Å². The van der Waals surface area contributed by atoms with Crippen molar-refractivity contribution in [2.75, 3.05) is 31.5 Å². The normalized spacial score (nSPS) is 18.9. The fraction of sp³-hybridized carbons (Fsp3) is 0.400. The highest BCUT2D eigenvalue weighted by Crippen LogP contribution is 2.37. The molecule has 0 aliphatic carbocycles.